The molecule has 3 aliphatic heterocycles. The van der Waals surface area contributed by atoms with Gasteiger partial charge in [-0.15, -0.1) is 0 Å². The lowest BCUT2D eigenvalue weighted by Gasteiger charge is -2.34. The molecule has 3 aliphatic rings. The average Bonchev–Trinajstić information content (AvgIpc) is 3.38. The Hall–Kier alpha value is -3.52. The first kappa shape index (κ1) is 21.3. The summed E-state index contributed by atoms with van der Waals surface area (Å²) in [6, 6.07) is 12.9. The molecule has 0 aliphatic carbocycles. The maximum Gasteiger partial charge on any atom is 0.278 e. The summed E-state index contributed by atoms with van der Waals surface area (Å²) in [5.74, 6) is 1.49. The lowest BCUT2D eigenvalue weighted by Crippen LogP contribution is -2.46. The normalized spacial score (nSPS) is 18.5. The highest BCUT2D eigenvalue weighted by molar-refractivity contribution is 6.35. The van der Waals surface area contributed by atoms with Crippen LogP contribution in [-0.4, -0.2) is 73.1 Å². The summed E-state index contributed by atoms with van der Waals surface area (Å²) in [7, 11) is 2.06. The summed E-state index contributed by atoms with van der Waals surface area (Å²) in [6.07, 6.45) is 0. The standard InChI is InChI=1S/C25H27N3O5/c1-3-31-19-7-5-18(6-8-19)22-23(27-12-10-26(2)11-13-27)25(30)28(24(22)29)15-17-4-9-20-21(14-17)33-16-32-20/h4-9,14H,3,10-13,15-16H2,1-2H3. The van der Waals surface area contributed by atoms with Crippen molar-refractivity contribution in [1.82, 2.24) is 14.7 Å². The molecule has 1 saturated heterocycles. The first-order valence-electron chi connectivity index (χ1n) is 11.2. The van der Waals surface area contributed by atoms with E-state index in [9.17, 15) is 9.59 Å². The fourth-order valence-electron chi connectivity index (χ4n) is 4.40. The number of carbonyl (C=O) groups is 2. The largest absolute Gasteiger partial charge is 0.494 e. The maximum absolute atomic E-state index is 13.6. The van der Waals surface area contributed by atoms with Crippen LogP contribution in [0.25, 0.3) is 5.57 Å². The number of amides is 2. The Labute approximate surface area is 192 Å². The van der Waals surface area contributed by atoms with E-state index in [1.807, 2.05) is 54.3 Å². The van der Waals surface area contributed by atoms with Crippen LogP contribution in [0.4, 0.5) is 0 Å². The van der Waals surface area contributed by atoms with Crippen molar-refractivity contribution in [3.63, 3.8) is 0 Å². The summed E-state index contributed by atoms with van der Waals surface area (Å²) in [4.78, 5) is 32.8. The van der Waals surface area contributed by atoms with Crippen LogP contribution >= 0.6 is 0 Å². The van der Waals surface area contributed by atoms with Crippen molar-refractivity contribution in [2.24, 2.45) is 0 Å². The molecule has 3 heterocycles. The molecule has 0 bridgehead atoms. The molecule has 0 spiro atoms. The Balaban J connectivity index is 1.48. The number of benzene rings is 2. The minimum Gasteiger partial charge on any atom is -0.494 e. The van der Waals surface area contributed by atoms with Crippen molar-refractivity contribution in [2.45, 2.75) is 13.5 Å². The van der Waals surface area contributed by atoms with E-state index in [1.54, 1.807) is 0 Å². The van der Waals surface area contributed by atoms with Crippen LogP contribution in [0.15, 0.2) is 48.2 Å². The van der Waals surface area contributed by atoms with E-state index in [0.29, 0.717) is 42.5 Å². The van der Waals surface area contributed by atoms with Crippen molar-refractivity contribution in [3.05, 3.63) is 59.3 Å². The highest BCUT2D eigenvalue weighted by atomic mass is 16.7. The third-order valence-electron chi connectivity index (χ3n) is 6.19. The number of hydrogen-bond acceptors (Lipinski definition) is 7. The van der Waals surface area contributed by atoms with Crippen molar-refractivity contribution in [2.75, 3.05) is 46.6 Å². The Bertz CT molecular complexity index is 1100. The molecule has 8 nitrogen and oxygen atoms in total. The Kier molecular flexibility index (Phi) is 5.68. The number of carbonyl (C=O) groups excluding carboxylic acids is 2. The summed E-state index contributed by atoms with van der Waals surface area (Å²) in [5, 5.41) is 0. The number of ether oxygens (including phenoxy) is 3. The van der Waals surface area contributed by atoms with Crippen LogP contribution in [0.5, 0.6) is 17.2 Å². The van der Waals surface area contributed by atoms with Crippen molar-refractivity contribution in [1.29, 1.82) is 0 Å². The van der Waals surface area contributed by atoms with Gasteiger partial charge in [0.25, 0.3) is 11.8 Å². The number of imide groups is 1. The molecular weight excluding hydrogens is 422 g/mol. The fraction of sp³-hybridized carbons (Fsp3) is 0.360. The monoisotopic (exact) mass is 449 g/mol. The molecule has 8 heteroatoms. The molecule has 0 saturated carbocycles. The van der Waals surface area contributed by atoms with Crippen LogP contribution in [0, 0.1) is 0 Å². The van der Waals surface area contributed by atoms with E-state index < -0.39 is 0 Å². The molecule has 172 valence electrons. The molecule has 0 radical (unpaired) electrons. The second-order valence-corrected chi connectivity index (χ2v) is 8.36. The number of piperazine rings is 1. The zero-order valence-corrected chi connectivity index (χ0v) is 18.9. The lowest BCUT2D eigenvalue weighted by molar-refractivity contribution is -0.138. The van der Waals surface area contributed by atoms with E-state index in [0.717, 1.165) is 30.0 Å². The molecule has 2 amide bonds. The minimum absolute atomic E-state index is 0.173. The number of fused-ring (bicyclic) bond motifs is 1. The van der Waals surface area contributed by atoms with Gasteiger partial charge in [0, 0.05) is 26.2 Å². The lowest BCUT2D eigenvalue weighted by atomic mass is 10.0. The SMILES string of the molecule is CCOc1ccc(C2=C(N3CCN(C)CC3)C(=O)N(Cc3ccc4c(c3)OCO4)C2=O)cc1. The van der Waals surface area contributed by atoms with Gasteiger partial charge in [-0.2, -0.15) is 0 Å². The summed E-state index contributed by atoms with van der Waals surface area (Å²) in [6.45, 7) is 5.91. The molecule has 1 fully saturated rings. The van der Waals surface area contributed by atoms with E-state index in [2.05, 4.69) is 11.9 Å². The molecule has 0 atom stereocenters. The van der Waals surface area contributed by atoms with E-state index >= 15 is 0 Å². The Morgan fingerprint density at radius 1 is 0.909 bits per heavy atom. The van der Waals surface area contributed by atoms with Crippen LogP contribution in [-0.2, 0) is 16.1 Å². The predicted octanol–water partition coefficient (Wildman–Crippen LogP) is 2.34. The number of likely N-dealkylation sites (N-methyl/N-ethyl adjacent to an activating group) is 1. The van der Waals surface area contributed by atoms with Gasteiger partial charge in [0.1, 0.15) is 11.4 Å². The van der Waals surface area contributed by atoms with E-state index in [1.165, 1.54) is 4.90 Å². The van der Waals surface area contributed by atoms with Gasteiger partial charge in [-0.05, 0) is 49.4 Å². The molecule has 2 aromatic rings. The zero-order chi connectivity index (χ0) is 22.9. The summed E-state index contributed by atoms with van der Waals surface area (Å²) >= 11 is 0. The molecule has 0 N–H and O–H groups in total. The fourth-order valence-corrected chi connectivity index (χ4v) is 4.40. The van der Waals surface area contributed by atoms with Crippen molar-refractivity contribution in [3.8, 4) is 17.2 Å². The van der Waals surface area contributed by atoms with Gasteiger partial charge >= 0.3 is 0 Å². The van der Waals surface area contributed by atoms with E-state index in [4.69, 9.17) is 14.2 Å². The number of nitrogens with zero attached hydrogens (tertiary/aromatic N) is 3. The van der Waals surface area contributed by atoms with Crippen LogP contribution in [0.1, 0.15) is 18.1 Å². The summed E-state index contributed by atoms with van der Waals surface area (Å²) < 4.78 is 16.4. The molecule has 2 aromatic carbocycles. The van der Waals surface area contributed by atoms with Gasteiger partial charge in [-0.3, -0.25) is 14.5 Å². The predicted molar refractivity (Wildman–Crippen MR) is 122 cm³/mol. The number of hydrogen-bond donors (Lipinski definition) is 0. The first-order chi connectivity index (χ1) is 16.0. The number of rotatable bonds is 6. The summed E-state index contributed by atoms with van der Waals surface area (Å²) in [5.41, 5.74) is 2.47. The molecule has 0 unspecified atom stereocenters. The minimum atomic E-state index is -0.282. The first-order valence-corrected chi connectivity index (χ1v) is 11.2. The van der Waals surface area contributed by atoms with Gasteiger partial charge in [0.05, 0.1) is 18.7 Å². The average molecular weight is 450 g/mol. The quantitative estimate of drug-likeness (QED) is 0.627. The molecule has 5 rings (SSSR count). The van der Waals surface area contributed by atoms with Crippen molar-refractivity contribution < 1.29 is 23.8 Å². The third-order valence-corrected chi connectivity index (χ3v) is 6.19. The van der Waals surface area contributed by atoms with Gasteiger partial charge in [-0.25, -0.2) is 0 Å². The van der Waals surface area contributed by atoms with Crippen LogP contribution < -0.4 is 14.2 Å². The smallest absolute Gasteiger partial charge is 0.278 e. The van der Waals surface area contributed by atoms with Gasteiger partial charge in [-0.1, -0.05) is 18.2 Å². The maximum atomic E-state index is 13.6. The highest BCUT2D eigenvalue weighted by Crippen LogP contribution is 2.36. The Morgan fingerprint density at radius 3 is 2.36 bits per heavy atom. The van der Waals surface area contributed by atoms with Crippen LogP contribution in [0.2, 0.25) is 0 Å². The topological polar surface area (TPSA) is 71.6 Å². The van der Waals surface area contributed by atoms with Gasteiger partial charge in [0.2, 0.25) is 6.79 Å². The highest BCUT2D eigenvalue weighted by Gasteiger charge is 2.42. The van der Waals surface area contributed by atoms with Crippen molar-refractivity contribution >= 4 is 17.4 Å². The third kappa shape index (κ3) is 4.02. The van der Waals surface area contributed by atoms with Crippen LogP contribution in [0.3, 0.4) is 0 Å². The molecule has 33 heavy (non-hydrogen) atoms. The molecule has 0 aromatic heterocycles. The zero-order valence-electron chi connectivity index (χ0n) is 18.9. The van der Waals surface area contributed by atoms with Gasteiger partial charge < -0.3 is 24.0 Å². The van der Waals surface area contributed by atoms with Gasteiger partial charge in [0.15, 0.2) is 11.5 Å². The second-order valence-electron chi connectivity index (χ2n) is 8.36. The Morgan fingerprint density at radius 2 is 1.64 bits per heavy atom. The second kappa shape index (κ2) is 8.78. The van der Waals surface area contributed by atoms with E-state index in [-0.39, 0.29) is 25.2 Å². The molecular formula is C25H27N3O5.